The minimum absolute atomic E-state index is 0.345. The third kappa shape index (κ3) is 2.96. The van der Waals surface area contributed by atoms with Crippen molar-refractivity contribution in [2.75, 3.05) is 5.73 Å². The van der Waals surface area contributed by atoms with Crippen molar-refractivity contribution in [3.8, 4) is 17.2 Å². The van der Waals surface area contributed by atoms with Crippen LogP contribution in [0.5, 0.6) is 0 Å². The molecule has 3 nitrogen and oxygen atoms in total. The number of nitrogens with two attached hydrogens (primary N) is 1. The van der Waals surface area contributed by atoms with Gasteiger partial charge in [0, 0.05) is 11.3 Å². The number of anilines is 1. The summed E-state index contributed by atoms with van der Waals surface area (Å²) in [7, 11) is 0. The molecule has 0 fully saturated rings. The zero-order chi connectivity index (χ0) is 16.1. The van der Waals surface area contributed by atoms with Gasteiger partial charge in [0.25, 0.3) is 0 Å². The first-order chi connectivity index (χ1) is 10.7. The number of hydrogen-bond acceptors (Lipinski definition) is 3. The number of pyridine rings is 1. The van der Waals surface area contributed by atoms with E-state index in [0.717, 1.165) is 48.1 Å². The van der Waals surface area contributed by atoms with Gasteiger partial charge in [-0.1, -0.05) is 51.5 Å². The molecule has 1 aromatic carbocycles. The molecule has 114 valence electrons. The highest BCUT2D eigenvalue weighted by molar-refractivity contribution is 5.79. The maximum absolute atomic E-state index is 9.53. The molecule has 3 heteroatoms. The van der Waals surface area contributed by atoms with Crippen molar-refractivity contribution >= 4 is 5.82 Å². The molecule has 0 saturated carbocycles. The Hall–Kier alpha value is -2.34. The predicted molar refractivity (Wildman–Crippen MR) is 91.6 cm³/mol. The van der Waals surface area contributed by atoms with Crippen molar-refractivity contribution in [1.82, 2.24) is 4.98 Å². The highest BCUT2D eigenvalue weighted by Crippen LogP contribution is 2.33. The van der Waals surface area contributed by atoms with E-state index in [1.807, 2.05) is 0 Å². The Morgan fingerprint density at radius 2 is 1.77 bits per heavy atom. The second kappa shape index (κ2) is 7.09. The van der Waals surface area contributed by atoms with Gasteiger partial charge in [0.1, 0.15) is 17.5 Å². The maximum atomic E-state index is 9.53. The Morgan fingerprint density at radius 1 is 1.09 bits per heavy atom. The first kappa shape index (κ1) is 16.0. The molecule has 2 N–H and O–H groups in total. The Morgan fingerprint density at radius 3 is 2.27 bits per heavy atom. The lowest BCUT2D eigenvalue weighted by atomic mass is 9.91. The molecule has 0 radical (unpaired) electrons. The molecule has 1 heterocycles. The monoisotopic (exact) mass is 293 g/mol. The number of nitrogens with zero attached hydrogens (tertiary/aromatic N) is 2. The minimum Gasteiger partial charge on any atom is -0.383 e. The van der Waals surface area contributed by atoms with Crippen LogP contribution in [0, 0.1) is 11.3 Å². The average Bonchev–Trinajstić information content (AvgIpc) is 2.54. The number of hydrogen-bond donors (Lipinski definition) is 1. The number of aryl methyl sites for hydroxylation is 2. The largest absolute Gasteiger partial charge is 0.383 e. The summed E-state index contributed by atoms with van der Waals surface area (Å²) in [6.07, 6.45) is 3.76. The van der Waals surface area contributed by atoms with Crippen molar-refractivity contribution in [2.24, 2.45) is 0 Å². The van der Waals surface area contributed by atoms with E-state index in [4.69, 9.17) is 5.73 Å². The minimum atomic E-state index is 0.345. The second-order valence-electron chi connectivity index (χ2n) is 5.44. The zero-order valence-corrected chi connectivity index (χ0v) is 13.6. The van der Waals surface area contributed by atoms with Crippen molar-refractivity contribution in [1.29, 1.82) is 5.26 Å². The van der Waals surface area contributed by atoms with Crippen LogP contribution in [0.2, 0.25) is 0 Å². The molecule has 1 aromatic heterocycles. The van der Waals surface area contributed by atoms with Crippen LogP contribution in [0.15, 0.2) is 24.3 Å². The van der Waals surface area contributed by atoms with Gasteiger partial charge in [0.2, 0.25) is 0 Å². The molecular weight excluding hydrogens is 270 g/mol. The predicted octanol–water partition coefficient (Wildman–Crippen LogP) is 4.28. The summed E-state index contributed by atoms with van der Waals surface area (Å²) in [4.78, 5) is 4.48. The van der Waals surface area contributed by atoms with E-state index in [2.05, 4.69) is 56.1 Å². The molecule has 0 unspecified atom stereocenters. The average molecular weight is 293 g/mol. The van der Waals surface area contributed by atoms with Crippen LogP contribution in [0.4, 0.5) is 5.82 Å². The molecule has 2 rings (SSSR count). The van der Waals surface area contributed by atoms with Gasteiger partial charge in [-0.3, -0.25) is 0 Å². The van der Waals surface area contributed by atoms with Gasteiger partial charge in [-0.05, 0) is 36.0 Å². The van der Waals surface area contributed by atoms with E-state index in [9.17, 15) is 5.26 Å². The van der Waals surface area contributed by atoms with Crippen molar-refractivity contribution in [3.63, 3.8) is 0 Å². The zero-order valence-electron chi connectivity index (χ0n) is 13.6. The summed E-state index contributed by atoms with van der Waals surface area (Å²) in [5, 5.41) is 9.53. The fourth-order valence-corrected chi connectivity index (χ4v) is 2.86. The molecular formula is C19H23N3. The first-order valence-electron chi connectivity index (χ1n) is 7.96. The van der Waals surface area contributed by atoms with Gasteiger partial charge < -0.3 is 5.73 Å². The third-order valence-corrected chi connectivity index (χ3v) is 4.01. The summed E-state index contributed by atoms with van der Waals surface area (Å²) in [6.45, 7) is 6.37. The summed E-state index contributed by atoms with van der Waals surface area (Å²) < 4.78 is 0. The summed E-state index contributed by atoms with van der Waals surface area (Å²) in [5.74, 6) is 0.345. The quantitative estimate of drug-likeness (QED) is 0.895. The molecule has 0 aliphatic carbocycles. The summed E-state index contributed by atoms with van der Waals surface area (Å²) >= 11 is 0. The van der Waals surface area contributed by atoms with Gasteiger partial charge in [-0.2, -0.15) is 5.26 Å². The van der Waals surface area contributed by atoms with E-state index in [1.54, 1.807) is 0 Å². The number of rotatable bonds is 5. The fraction of sp³-hybridized carbons (Fsp3) is 0.368. The molecule has 0 aliphatic heterocycles. The van der Waals surface area contributed by atoms with E-state index < -0.39 is 0 Å². The second-order valence-corrected chi connectivity index (χ2v) is 5.44. The maximum Gasteiger partial charge on any atom is 0.142 e. The van der Waals surface area contributed by atoms with Crippen LogP contribution in [0.1, 0.15) is 49.6 Å². The Labute approximate surface area is 132 Å². The number of aromatic nitrogens is 1. The van der Waals surface area contributed by atoms with E-state index in [1.165, 1.54) is 5.56 Å². The van der Waals surface area contributed by atoms with Crippen LogP contribution < -0.4 is 5.73 Å². The lowest BCUT2D eigenvalue weighted by Gasteiger charge is -2.16. The fourth-order valence-electron chi connectivity index (χ4n) is 2.86. The molecule has 0 bridgehead atoms. The molecule has 0 aliphatic rings. The number of benzene rings is 1. The van der Waals surface area contributed by atoms with Gasteiger partial charge in [-0.25, -0.2) is 4.98 Å². The van der Waals surface area contributed by atoms with Crippen molar-refractivity contribution < 1.29 is 0 Å². The normalized spacial score (nSPS) is 10.5. The van der Waals surface area contributed by atoms with Crippen LogP contribution in [0.3, 0.4) is 0 Å². The number of nitriles is 1. The highest BCUT2D eigenvalue weighted by atomic mass is 14.9. The van der Waals surface area contributed by atoms with E-state index >= 15 is 0 Å². The lowest BCUT2D eigenvalue weighted by molar-refractivity contribution is 0.860. The van der Waals surface area contributed by atoms with E-state index in [0.29, 0.717) is 11.4 Å². The Kier molecular flexibility index (Phi) is 5.16. The molecule has 0 spiro atoms. The van der Waals surface area contributed by atoms with Crippen molar-refractivity contribution in [3.05, 3.63) is 46.6 Å². The molecule has 0 amide bonds. The Bertz CT molecular complexity index is 694. The number of nitrogen functional groups attached to an aromatic ring is 1. The summed E-state index contributed by atoms with van der Waals surface area (Å²) in [5.41, 5.74) is 12.0. The van der Waals surface area contributed by atoms with Gasteiger partial charge in [-0.15, -0.1) is 0 Å². The van der Waals surface area contributed by atoms with Gasteiger partial charge >= 0.3 is 0 Å². The molecule has 0 saturated heterocycles. The SMILES string of the molecule is CCCc1nc(N)c(C#N)c(-c2ccc(CC)cc2)c1CC. The highest BCUT2D eigenvalue weighted by Gasteiger charge is 2.18. The standard InChI is InChI=1S/C19H23N3/c1-4-7-17-15(6-3)18(16(12-20)19(21)22-17)14-10-8-13(5-2)9-11-14/h8-11H,4-7H2,1-3H3,(H2,21,22). The van der Waals surface area contributed by atoms with Crippen LogP contribution in [-0.2, 0) is 19.3 Å². The van der Waals surface area contributed by atoms with Crippen LogP contribution >= 0.6 is 0 Å². The van der Waals surface area contributed by atoms with Crippen LogP contribution in [-0.4, -0.2) is 4.98 Å². The van der Waals surface area contributed by atoms with Crippen molar-refractivity contribution in [2.45, 2.75) is 46.5 Å². The van der Waals surface area contributed by atoms with Crippen LogP contribution in [0.25, 0.3) is 11.1 Å². The van der Waals surface area contributed by atoms with E-state index in [-0.39, 0.29) is 0 Å². The molecule has 22 heavy (non-hydrogen) atoms. The van der Waals surface area contributed by atoms with Gasteiger partial charge in [0.05, 0.1) is 0 Å². The third-order valence-electron chi connectivity index (χ3n) is 4.01. The molecule has 2 aromatic rings. The first-order valence-corrected chi connectivity index (χ1v) is 7.96. The smallest absolute Gasteiger partial charge is 0.142 e. The van der Waals surface area contributed by atoms with Gasteiger partial charge in [0.15, 0.2) is 0 Å². The topological polar surface area (TPSA) is 62.7 Å². The molecule has 0 atom stereocenters. The summed E-state index contributed by atoms with van der Waals surface area (Å²) in [6, 6.07) is 10.7. The Balaban J connectivity index is 2.72. The lowest BCUT2D eigenvalue weighted by Crippen LogP contribution is -2.07.